The van der Waals surface area contributed by atoms with Gasteiger partial charge >= 0.3 is 0 Å². The molecule has 0 spiro atoms. The molecule has 0 N–H and O–H groups in total. The number of piperazine rings is 1. The number of rotatable bonds is 3. The molecule has 3 aliphatic rings. The average Bonchev–Trinajstić information content (AvgIpc) is 3.35. The summed E-state index contributed by atoms with van der Waals surface area (Å²) in [4.78, 5) is 44.3. The van der Waals surface area contributed by atoms with E-state index < -0.39 is 6.04 Å². The van der Waals surface area contributed by atoms with Crippen molar-refractivity contribution in [3.05, 3.63) is 95.1 Å². The lowest BCUT2D eigenvalue weighted by molar-refractivity contribution is -0.136. The van der Waals surface area contributed by atoms with Crippen molar-refractivity contribution < 1.29 is 14.4 Å². The molecule has 0 aromatic heterocycles. The molecule has 1 aliphatic carbocycles. The Kier molecular flexibility index (Phi) is 4.85. The van der Waals surface area contributed by atoms with E-state index in [1.54, 1.807) is 36.1 Å². The van der Waals surface area contributed by atoms with Crippen molar-refractivity contribution >= 4 is 17.7 Å². The summed E-state index contributed by atoms with van der Waals surface area (Å²) in [6, 6.07) is 23.2. The zero-order chi connectivity index (χ0) is 23.4. The van der Waals surface area contributed by atoms with E-state index in [1.165, 1.54) is 22.3 Å². The lowest BCUT2D eigenvalue weighted by atomic mass is 10.0. The maximum absolute atomic E-state index is 13.3. The van der Waals surface area contributed by atoms with E-state index in [9.17, 15) is 14.4 Å². The molecule has 0 saturated carbocycles. The summed E-state index contributed by atoms with van der Waals surface area (Å²) in [7, 11) is 0. The Morgan fingerprint density at radius 1 is 0.706 bits per heavy atom. The van der Waals surface area contributed by atoms with Crippen LogP contribution in [0.1, 0.15) is 44.8 Å². The summed E-state index contributed by atoms with van der Waals surface area (Å²) in [5.41, 5.74) is 5.92. The van der Waals surface area contributed by atoms with Crippen molar-refractivity contribution in [1.82, 2.24) is 14.7 Å². The van der Waals surface area contributed by atoms with Gasteiger partial charge in [0.2, 0.25) is 5.91 Å². The van der Waals surface area contributed by atoms with Gasteiger partial charge in [-0.1, -0.05) is 60.7 Å². The van der Waals surface area contributed by atoms with Gasteiger partial charge in [0.15, 0.2) is 0 Å². The van der Waals surface area contributed by atoms with E-state index in [2.05, 4.69) is 53.4 Å². The Balaban J connectivity index is 1.18. The summed E-state index contributed by atoms with van der Waals surface area (Å²) >= 11 is 0. The summed E-state index contributed by atoms with van der Waals surface area (Å²) in [5, 5.41) is 0. The second kappa shape index (κ2) is 7.92. The van der Waals surface area contributed by atoms with Crippen LogP contribution < -0.4 is 0 Å². The van der Waals surface area contributed by atoms with E-state index in [4.69, 9.17) is 0 Å². The largest absolute Gasteiger partial charge is 0.338 e. The number of fused-ring (bicyclic) bond motifs is 4. The number of carbonyl (C=O) groups excluding carboxylic acids is 3. The van der Waals surface area contributed by atoms with Gasteiger partial charge < -0.3 is 4.90 Å². The predicted molar refractivity (Wildman–Crippen MR) is 128 cm³/mol. The Bertz CT molecular complexity index is 1250. The number of carbonyl (C=O) groups is 3. The van der Waals surface area contributed by atoms with Crippen LogP contribution in [-0.2, 0) is 4.79 Å². The fourth-order valence-corrected chi connectivity index (χ4v) is 5.66. The van der Waals surface area contributed by atoms with Crippen LogP contribution in [0.4, 0.5) is 0 Å². The predicted octanol–water partition coefficient (Wildman–Crippen LogP) is 3.59. The number of hydrogen-bond acceptors (Lipinski definition) is 4. The maximum Gasteiger partial charge on any atom is 0.262 e. The van der Waals surface area contributed by atoms with Crippen LogP contribution in [0.3, 0.4) is 0 Å². The second-order valence-corrected chi connectivity index (χ2v) is 9.14. The SMILES string of the molecule is C[C@@H](C(=O)N1CCN(C2c3ccccc3-c3ccccc32)CC1)N1C(=O)c2ccccc2C1=O. The Morgan fingerprint density at radius 3 is 1.65 bits per heavy atom. The minimum atomic E-state index is -0.827. The standard InChI is InChI=1S/C28H25N3O3/c1-18(31-27(33)23-12-6-7-13-24(23)28(31)34)26(32)30-16-14-29(15-17-30)25-21-10-4-2-8-19(21)20-9-3-5-11-22(20)25/h2-13,18,25H,14-17H2,1H3/t18-/m0/s1. The molecule has 2 aliphatic heterocycles. The molecule has 170 valence electrons. The molecule has 6 rings (SSSR count). The number of imide groups is 1. The lowest BCUT2D eigenvalue weighted by Gasteiger charge is -2.40. The number of amides is 3. The summed E-state index contributed by atoms with van der Waals surface area (Å²) < 4.78 is 0. The fourth-order valence-electron chi connectivity index (χ4n) is 5.66. The summed E-state index contributed by atoms with van der Waals surface area (Å²) in [5.74, 6) is -0.958. The van der Waals surface area contributed by atoms with Gasteiger partial charge in [-0.3, -0.25) is 24.2 Å². The first-order valence-electron chi connectivity index (χ1n) is 11.7. The molecule has 34 heavy (non-hydrogen) atoms. The molecule has 3 aromatic rings. The zero-order valence-electron chi connectivity index (χ0n) is 19.0. The van der Waals surface area contributed by atoms with Crippen molar-refractivity contribution in [1.29, 1.82) is 0 Å². The molecule has 1 atom stereocenters. The van der Waals surface area contributed by atoms with Crippen LogP contribution >= 0.6 is 0 Å². The topological polar surface area (TPSA) is 60.9 Å². The van der Waals surface area contributed by atoms with Crippen LogP contribution in [0.15, 0.2) is 72.8 Å². The first-order chi connectivity index (χ1) is 16.6. The minimum Gasteiger partial charge on any atom is -0.338 e. The van der Waals surface area contributed by atoms with Crippen LogP contribution in [0.2, 0.25) is 0 Å². The molecular weight excluding hydrogens is 426 g/mol. The lowest BCUT2D eigenvalue weighted by Crippen LogP contribution is -2.55. The summed E-state index contributed by atoms with van der Waals surface area (Å²) in [6.07, 6.45) is 0. The average molecular weight is 452 g/mol. The first-order valence-corrected chi connectivity index (χ1v) is 11.7. The number of benzene rings is 3. The third-order valence-corrected chi connectivity index (χ3v) is 7.36. The normalized spacial score (nSPS) is 18.6. The molecule has 6 heteroatoms. The Morgan fingerprint density at radius 2 is 1.15 bits per heavy atom. The highest BCUT2D eigenvalue weighted by molar-refractivity contribution is 6.22. The molecule has 6 nitrogen and oxygen atoms in total. The molecule has 1 fully saturated rings. The molecule has 0 unspecified atom stereocenters. The Labute approximate surface area is 198 Å². The molecule has 0 bridgehead atoms. The number of hydrogen-bond donors (Lipinski definition) is 0. The zero-order valence-corrected chi connectivity index (χ0v) is 19.0. The first kappa shape index (κ1) is 20.8. The van der Waals surface area contributed by atoms with Crippen molar-refractivity contribution in [2.75, 3.05) is 26.2 Å². The molecule has 0 radical (unpaired) electrons. The van der Waals surface area contributed by atoms with E-state index >= 15 is 0 Å². The van der Waals surface area contributed by atoms with E-state index in [1.807, 2.05) is 0 Å². The molecule has 2 heterocycles. The molecular formula is C28H25N3O3. The highest BCUT2D eigenvalue weighted by Gasteiger charge is 2.42. The molecule has 1 saturated heterocycles. The van der Waals surface area contributed by atoms with Crippen LogP contribution in [0.25, 0.3) is 11.1 Å². The van der Waals surface area contributed by atoms with Gasteiger partial charge in [0.25, 0.3) is 11.8 Å². The molecule has 3 amide bonds. The second-order valence-electron chi connectivity index (χ2n) is 9.14. The highest BCUT2D eigenvalue weighted by Crippen LogP contribution is 2.46. The van der Waals surface area contributed by atoms with Crippen molar-refractivity contribution in [3.8, 4) is 11.1 Å². The van der Waals surface area contributed by atoms with Crippen molar-refractivity contribution in [2.24, 2.45) is 0 Å². The molecule has 3 aromatic carbocycles. The van der Waals surface area contributed by atoms with E-state index in [0.717, 1.165) is 18.0 Å². The van der Waals surface area contributed by atoms with Gasteiger partial charge in [-0.25, -0.2) is 0 Å². The van der Waals surface area contributed by atoms with Crippen LogP contribution in [-0.4, -0.2) is 64.6 Å². The fraction of sp³-hybridized carbons (Fsp3) is 0.250. The van der Waals surface area contributed by atoms with Gasteiger partial charge in [-0.2, -0.15) is 0 Å². The van der Waals surface area contributed by atoms with Gasteiger partial charge in [-0.05, 0) is 41.3 Å². The van der Waals surface area contributed by atoms with Crippen LogP contribution in [0, 0.1) is 0 Å². The minimum absolute atomic E-state index is 0.179. The third-order valence-electron chi connectivity index (χ3n) is 7.36. The monoisotopic (exact) mass is 451 g/mol. The quantitative estimate of drug-likeness (QED) is 0.571. The maximum atomic E-state index is 13.3. The summed E-state index contributed by atoms with van der Waals surface area (Å²) in [6.45, 7) is 4.24. The highest BCUT2D eigenvalue weighted by atomic mass is 16.2. The van der Waals surface area contributed by atoms with Gasteiger partial charge in [0.05, 0.1) is 17.2 Å². The Hall–Kier alpha value is -3.77. The van der Waals surface area contributed by atoms with Crippen molar-refractivity contribution in [3.63, 3.8) is 0 Å². The van der Waals surface area contributed by atoms with Crippen LogP contribution in [0.5, 0.6) is 0 Å². The van der Waals surface area contributed by atoms with Gasteiger partial charge in [0, 0.05) is 26.2 Å². The van der Waals surface area contributed by atoms with Gasteiger partial charge in [0.1, 0.15) is 6.04 Å². The van der Waals surface area contributed by atoms with Crippen molar-refractivity contribution in [2.45, 2.75) is 19.0 Å². The van der Waals surface area contributed by atoms with Gasteiger partial charge in [-0.15, -0.1) is 0 Å². The number of nitrogens with zero attached hydrogens (tertiary/aromatic N) is 3. The smallest absolute Gasteiger partial charge is 0.262 e. The van der Waals surface area contributed by atoms with E-state index in [0.29, 0.717) is 24.2 Å². The third kappa shape index (κ3) is 3.02. The van der Waals surface area contributed by atoms with E-state index in [-0.39, 0.29) is 23.8 Å².